The number of piperazine rings is 1. The van der Waals surface area contributed by atoms with Crippen LogP contribution in [-0.2, 0) is 14.4 Å². The molecule has 2 aliphatic rings. The number of hydrogen-bond acceptors (Lipinski definition) is 5. The van der Waals surface area contributed by atoms with Crippen molar-refractivity contribution in [3.63, 3.8) is 0 Å². The second kappa shape index (κ2) is 5.45. The first-order valence-electron chi connectivity index (χ1n) is 6.28. The first kappa shape index (κ1) is 14.3. The minimum absolute atomic E-state index is 0.124. The number of amides is 5. The number of nitrogens with zero attached hydrogens (tertiary/aromatic N) is 3. The highest BCUT2D eigenvalue weighted by molar-refractivity contribution is 6.06. The average molecular weight is 283 g/mol. The van der Waals surface area contributed by atoms with Crippen molar-refractivity contribution in [1.82, 2.24) is 20.0 Å². The molecule has 0 aromatic rings. The average Bonchev–Trinajstić information content (AvgIpc) is 2.63. The van der Waals surface area contributed by atoms with Crippen LogP contribution in [0, 0.1) is 0 Å². The number of fused-ring (bicyclic) bond motifs is 1. The van der Waals surface area contributed by atoms with Crippen molar-refractivity contribution >= 4 is 23.8 Å². The van der Waals surface area contributed by atoms with E-state index in [1.54, 1.807) is 7.05 Å². The van der Waals surface area contributed by atoms with Crippen molar-refractivity contribution in [2.24, 2.45) is 5.73 Å². The largest absolute Gasteiger partial charge is 0.368 e. The molecule has 0 aliphatic carbocycles. The molecule has 0 spiro atoms. The van der Waals surface area contributed by atoms with E-state index in [-0.39, 0.29) is 25.5 Å². The maximum Gasteiger partial charge on any atom is 0.328 e. The SMILES string of the molecule is CNCC(=O)N1CCN2C(=O)N(CC(N)=O)C(=O)[C@@H]2C1. The molecule has 0 aromatic heterocycles. The van der Waals surface area contributed by atoms with Gasteiger partial charge in [0, 0.05) is 13.1 Å². The van der Waals surface area contributed by atoms with E-state index < -0.39 is 30.4 Å². The maximum atomic E-state index is 12.1. The van der Waals surface area contributed by atoms with Crippen LogP contribution in [0.4, 0.5) is 4.79 Å². The second-order valence-corrected chi connectivity index (χ2v) is 4.75. The molecule has 9 nitrogen and oxygen atoms in total. The Morgan fingerprint density at radius 2 is 2.05 bits per heavy atom. The van der Waals surface area contributed by atoms with Gasteiger partial charge in [-0.3, -0.25) is 19.3 Å². The van der Waals surface area contributed by atoms with Crippen molar-refractivity contribution in [2.45, 2.75) is 6.04 Å². The number of likely N-dealkylation sites (N-methyl/N-ethyl adjacent to an activating group) is 1. The van der Waals surface area contributed by atoms with Gasteiger partial charge >= 0.3 is 6.03 Å². The summed E-state index contributed by atoms with van der Waals surface area (Å²) in [5, 5.41) is 2.75. The van der Waals surface area contributed by atoms with Gasteiger partial charge in [-0.15, -0.1) is 0 Å². The third kappa shape index (κ3) is 2.44. The molecule has 0 radical (unpaired) electrons. The van der Waals surface area contributed by atoms with Crippen LogP contribution in [0.25, 0.3) is 0 Å². The summed E-state index contributed by atoms with van der Waals surface area (Å²) < 4.78 is 0. The van der Waals surface area contributed by atoms with Crippen LogP contribution in [0.3, 0.4) is 0 Å². The number of nitrogens with two attached hydrogens (primary N) is 1. The molecule has 0 aromatic carbocycles. The molecule has 20 heavy (non-hydrogen) atoms. The number of primary amides is 1. The van der Waals surface area contributed by atoms with E-state index in [2.05, 4.69) is 5.32 Å². The Hall–Kier alpha value is -2.16. The van der Waals surface area contributed by atoms with Crippen molar-refractivity contribution in [3.8, 4) is 0 Å². The summed E-state index contributed by atoms with van der Waals surface area (Å²) in [6.07, 6.45) is 0. The third-order valence-electron chi connectivity index (χ3n) is 3.40. The molecule has 2 fully saturated rings. The molecule has 3 N–H and O–H groups in total. The minimum Gasteiger partial charge on any atom is -0.368 e. The Bertz CT molecular complexity index is 466. The Labute approximate surface area is 115 Å². The Morgan fingerprint density at radius 3 is 2.65 bits per heavy atom. The van der Waals surface area contributed by atoms with Gasteiger partial charge in [-0.05, 0) is 7.05 Å². The molecule has 2 rings (SSSR count). The van der Waals surface area contributed by atoms with E-state index in [1.807, 2.05) is 0 Å². The molecular formula is C11H17N5O4. The number of imide groups is 1. The number of hydrogen-bond donors (Lipinski definition) is 2. The van der Waals surface area contributed by atoms with E-state index >= 15 is 0 Å². The zero-order valence-electron chi connectivity index (χ0n) is 11.2. The summed E-state index contributed by atoms with van der Waals surface area (Å²) in [7, 11) is 1.66. The fourth-order valence-corrected chi connectivity index (χ4v) is 2.44. The van der Waals surface area contributed by atoms with Crippen LogP contribution in [0.2, 0.25) is 0 Å². The number of urea groups is 1. The number of nitrogens with one attached hydrogen (secondary N) is 1. The molecule has 110 valence electrons. The quantitative estimate of drug-likeness (QED) is 0.539. The fourth-order valence-electron chi connectivity index (χ4n) is 2.44. The van der Waals surface area contributed by atoms with Gasteiger partial charge in [0.05, 0.1) is 13.1 Å². The molecular weight excluding hydrogens is 266 g/mol. The van der Waals surface area contributed by atoms with Gasteiger partial charge in [-0.2, -0.15) is 0 Å². The molecule has 0 unspecified atom stereocenters. The van der Waals surface area contributed by atoms with Gasteiger partial charge in [-0.1, -0.05) is 0 Å². The predicted octanol–water partition coefficient (Wildman–Crippen LogP) is -2.83. The highest BCUT2D eigenvalue weighted by atomic mass is 16.2. The normalized spacial score (nSPS) is 22.2. The Morgan fingerprint density at radius 1 is 1.35 bits per heavy atom. The van der Waals surface area contributed by atoms with Crippen LogP contribution in [0.1, 0.15) is 0 Å². The number of carbonyl (C=O) groups is 4. The summed E-state index contributed by atoms with van der Waals surface area (Å²) in [4.78, 5) is 50.6. The van der Waals surface area contributed by atoms with E-state index in [4.69, 9.17) is 5.73 Å². The van der Waals surface area contributed by atoms with Crippen molar-refractivity contribution in [2.75, 3.05) is 39.8 Å². The summed E-state index contributed by atoms with van der Waals surface area (Å²) in [6, 6.07) is -1.23. The van der Waals surface area contributed by atoms with Gasteiger partial charge in [0.2, 0.25) is 11.8 Å². The third-order valence-corrected chi connectivity index (χ3v) is 3.40. The lowest BCUT2D eigenvalue weighted by atomic mass is 10.2. The highest BCUT2D eigenvalue weighted by Crippen LogP contribution is 2.21. The second-order valence-electron chi connectivity index (χ2n) is 4.75. The van der Waals surface area contributed by atoms with Crippen LogP contribution >= 0.6 is 0 Å². The fraction of sp³-hybridized carbons (Fsp3) is 0.636. The minimum atomic E-state index is -0.741. The van der Waals surface area contributed by atoms with Crippen molar-refractivity contribution in [3.05, 3.63) is 0 Å². The smallest absolute Gasteiger partial charge is 0.328 e. The van der Waals surface area contributed by atoms with Gasteiger partial charge in [0.1, 0.15) is 12.6 Å². The number of carbonyl (C=O) groups excluding carboxylic acids is 4. The lowest BCUT2D eigenvalue weighted by molar-refractivity contribution is -0.136. The summed E-state index contributed by atoms with van der Waals surface area (Å²) in [5.41, 5.74) is 5.02. The molecule has 0 saturated carbocycles. The lowest BCUT2D eigenvalue weighted by Gasteiger charge is -2.35. The topological polar surface area (TPSA) is 116 Å². The van der Waals surface area contributed by atoms with E-state index in [1.165, 1.54) is 9.80 Å². The first-order chi connectivity index (χ1) is 9.45. The van der Waals surface area contributed by atoms with Gasteiger partial charge < -0.3 is 20.9 Å². The molecule has 2 saturated heterocycles. The lowest BCUT2D eigenvalue weighted by Crippen LogP contribution is -2.55. The number of rotatable bonds is 4. The summed E-state index contributed by atoms with van der Waals surface area (Å²) in [6.45, 7) is 0.565. The van der Waals surface area contributed by atoms with Gasteiger partial charge in [0.15, 0.2) is 0 Å². The monoisotopic (exact) mass is 283 g/mol. The molecule has 9 heteroatoms. The van der Waals surface area contributed by atoms with Gasteiger partial charge in [-0.25, -0.2) is 4.79 Å². The Kier molecular flexibility index (Phi) is 3.89. The predicted molar refractivity (Wildman–Crippen MR) is 67.3 cm³/mol. The van der Waals surface area contributed by atoms with Crippen molar-refractivity contribution < 1.29 is 19.2 Å². The molecule has 0 bridgehead atoms. The van der Waals surface area contributed by atoms with Crippen LogP contribution in [0.5, 0.6) is 0 Å². The van der Waals surface area contributed by atoms with Crippen LogP contribution in [-0.4, -0.2) is 84.3 Å². The molecule has 1 atom stereocenters. The maximum absolute atomic E-state index is 12.1. The molecule has 5 amide bonds. The highest BCUT2D eigenvalue weighted by Gasteiger charge is 2.48. The van der Waals surface area contributed by atoms with E-state index in [9.17, 15) is 19.2 Å². The van der Waals surface area contributed by atoms with E-state index in [0.717, 1.165) is 4.90 Å². The Balaban J connectivity index is 2.09. The molecule has 2 heterocycles. The zero-order valence-corrected chi connectivity index (χ0v) is 11.2. The standard InChI is InChI=1S/C11H17N5O4/c1-13-4-9(18)14-2-3-15-7(5-14)10(19)16(11(15)20)6-8(12)17/h7,13H,2-6H2,1H3,(H2,12,17)/t7-/m0/s1. The zero-order chi connectivity index (χ0) is 14.9. The molecule has 2 aliphatic heterocycles. The first-order valence-corrected chi connectivity index (χ1v) is 6.28. The van der Waals surface area contributed by atoms with Crippen LogP contribution < -0.4 is 11.1 Å². The van der Waals surface area contributed by atoms with Crippen LogP contribution in [0.15, 0.2) is 0 Å². The van der Waals surface area contributed by atoms with E-state index in [0.29, 0.717) is 6.54 Å². The van der Waals surface area contributed by atoms with Crippen molar-refractivity contribution in [1.29, 1.82) is 0 Å². The van der Waals surface area contributed by atoms with Gasteiger partial charge in [0.25, 0.3) is 5.91 Å². The summed E-state index contributed by atoms with van der Waals surface area (Å²) in [5.74, 6) is -1.34. The summed E-state index contributed by atoms with van der Waals surface area (Å²) >= 11 is 0.